The molecule has 0 bridgehead atoms. The lowest BCUT2D eigenvalue weighted by Gasteiger charge is -2.34. The lowest BCUT2D eigenvalue weighted by molar-refractivity contribution is -0.142. The Morgan fingerprint density at radius 2 is 1.95 bits per heavy atom. The van der Waals surface area contributed by atoms with Gasteiger partial charge in [-0.2, -0.15) is 0 Å². The van der Waals surface area contributed by atoms with E-state index < -0.39 is 0 Å². The Morgan fingerprint density at radius 3 is 2.57 bits per heavy atom. The van der Waals surface area contributed by atoms with Crippen LogP contribution in [0.3, 0.4) is 0 Å². The van der Waals surface area contributed by atoms with Gasteiger partial charge in [-0.1, -0.05) is 17.7 Å². The summed E-state index contributed by atoms with van der Waals surface area (Å²) < 4.78 is 5.35. The number of nitrogens with zero attached hydrogens (tertiary/aromatic N) is 2. The zero-order valence-electron chi connectivity index (χ0n) is 11.6. The first-order valence-corrected chi connectivity index (χ1v) is 7.72. The smallest absolute Gasteiger partial charge is 0.319 e. The molecule has 0 saturated carbocycles. The summed E-state index contributed by atoms with van der Waals surface area (Å²) in [6.45, 7) is 2.69. The molecule has 0 spiro atoms. The van der Waals surface area contributed by atoms with Gasteiger partial charge in [-0.05, 0) is 28.1 Å². The number of amides is 1. The fourth-order valence-electron chi connectivity index (χ4n) is 2.20. The van der Waals surface area contributed by atoms with Crippen LogP contribution >= 0.6 is 27.5 Å². The molecule has 1 aromatic rings. The predicted molar refractivity (Wildman–Crippen MR) is 83.5 cm³/mol. The van der Waals surface area contributed by atoms with E-state index in [4.69, 9.17) is 11.6 Å². The first-order valence-electron chi connectivity index (χ1n) is 6.55. The zero-order valence-corrected chi connectivity index (χ0v) is 14.0. The number of hydrogen-bond donors (Lipinski definition) is 0. The average Bonchev–Trinajstić information content (AvgIpc) is 2.50. The Hall–Kier alpha value is -1.11. The minimum Gasteiger partial charge on any atom is -0.468 e. The number of benzene rings is 1. The molecule has 1 amide bonds. The van der Waals surface area contributed by atoms with Crippen molar-refractivity contribution in [2.45, 2.75) is 0 Å². The van der Waals surface area contributed by atoms with Gasteiger partial charge in [0.05, 0.1) is 24.2 Å². The summed E-state index contributed by atoms with van der Waals surface area (Å²) >= 11 is 9.48. The number of rotatable bonds is 3. The molecule has 1 aliphatic rings. The van der Waals surface area contributed by atoms with Crippen LogP contribution in [0.25, 0.3) is 0 Å². The lowest BCUT2D eigenvalue weighted by atomic mass is 10.2. The Kier molecular flexibility index (Phi) is 5.61. The van der Waals surface area contributed by atoms with E-state index in [-0.39, 0.29) is 18.4 Å². The van der Waals surface area contributed by atoms with E-state index in [1.165, 1.54) is 7.11 Å². The zero-order chi connectivity index (χ0) is 15.4. The molecule has 1 fully saturated rings. The average molecular weight is 376 g/mol. The van der Waals surface area contributed by atoms with Crippen molar-refractivity contribution in [3.8, 4) is 0 Å². The van der Waals surface area contributed by atoms with Crippen LogP contribution in [0.5, 0.6) is 0 Å². The van der Waals surface area contributed by atoms with Gasteiger partial charge >= 0.3 is 5.97 Å². The molecule has 21 heavy (non-hydrogen) atoms. The van der Waals surface area contributed by atoms with Crippen molar-refractivity contribution in [1.82, 2.24) is 9.80 Å². The van der Waals surface area contributed by atoms with Gasteiger partial charge in [0, 0.05) is 30.7 Å². The summed E-state index contributed by atoms with van der Waals surface area (Å²) in [5, 5.41) is 0.430. The fourth-order valence-corrected chi connectivity index (χ4v) is 2.77. The molecule has 0 atom stereocenters. The molecule has 1 heterocycles. The number of esters is 1. The predicted octanol–water partition coefficient (Wildman–Crippen LogP) is 2.03. The maximum absolute atomic E-state index is 12.5. The molecular weight excluding hydrogens is 360 g/mol. The van der Waals surface area contributed by atoms with Crippen molar-refractivity contribution in [2.75, 3.05) is 39.8 Å². The van der Waals surface area contributed by atoms with Gasteiger partial charge in [0.1, 0.15) is 0 Å². The highest BCUT2D eigenvalue weighted by molar-refractivity contribution is 9.10. The van der Waals surface area contributed by atoms with Crippen molar-refractivity contribution in [1.29, 1.82) is 0 Å². The van der Waals surface area contributed by atoms with Crippen LogP contribution in [-0.2, 0) is 9.53 Å². The molecule has 0 N–H and O–H groups in total. The van der Waals surface area contributed by atoms with Crippen molar-refractivity contribution >= 4 is 39.4 Å². The van der Waals surface area contributed by atoms with Crippen LogP contribution in [0, 0.1) is 0 Å². The lowest BCUT2D eigenvalue weighted by Crippen LogP contribution is -2.50. The van der Waals surface area contributed by atoms with Crippen molar-refractivity contribution in [3.63, 3.8) is 0 Å². The van der Waals surface area contributed by atoms with E-state index in [0.717, 1.165) is 0 Å². The molecule has 1 aromatic carbocycles. The summed E-state index contributed by atoms with van der Waals surface area (Å²) in [6.07, 6.45) is 0. The van der Waals surface area contributed by atoms with Gasteiger partial charge in [-0.15, -0.1) is 0 Å². The van der Waals surface area contributed by atoms with E-state index >= 15 is 0 Å². The molecule has 2 rings (SSSR count). The van der Waals surface area contributed by atoms with Crippen molar-refractivity contribution < 1.29 is 14.3 Å². The van der Waals surface area contributed by atoms with Crippen LogP contribution < -0.4 is 0 Å². The number of carbonyl (C=O) groups excluding carboxylic acids is 2. The second-order valence-electron chi connectivity index (χ2n) is 4.75. The molecule has 5 nitrogen and oxygen atoms in total. The molecule has 1 saturated heterocycles. The Labute approximate surface area is 136 Å². The monoisotopic (exact) mass is 374 g/mol. The van der Waals surface area contributed by atoms with E-state index in [1.807, 2.05) is 4.90 Å². The molecule has 0 aliphatic carbocycles. The number of ether oxygens (including phenoxy) is 1. The minimum absolute atomic E-state index is 0.0842. The summed E-state index contributed by atoms with van der Waals surface area (Å²) in [4.78, 5) is 27.4. The maximum Gasteiger partial charge on any atom is 0.319 e. The number of methoxy groups -OCH3 is 1. The quantitative estimate of drug-likeness (QED) is 0.759. The normalized spacial score (nSPS) is 15.9. The third-order valence-electron chi connectivity index (χ3n) is 3.42. The standard InChI is InChI=1S/C14H16BrClN2O3/c1-21-12(19)9-17-5-7-18(8-6-17)14(20)10-3-2-4-11(15)13(10)16/h2-4H,5-9H2,1H3. The van der Waals surface area contributed by atoms with Crippen LogP contribution in [-0.4, -0.2) is 61.5 Å². The second kappa shape index (κ2) is 7.24. The largest absolute Gasteiger partial charge is 0.468 e. The van der Waals surface area contributed by atoms with E-state index in [9.17, 15) is 9.59 Å². The van der Waals surface area contributed by atoms with Gasteiger partial charge in [0.25, 0.3) is 5.91 Å². The highest BCUT2D eigenvalue weighted by Crippen LogP contribution is 2.27. The number of hydrogen-bond acceptors (Lipinski definition) is 4. The molecule has 0 aromatic heterocycles. The van der Waals surface area contributed by atoms with Crippen LogP contribution in [0.4, 0.5) is 0 Å². The van der Waals surface area contributed by atoms with Gasteiger partial charge in [0.2, 0.25) is 0 Å². The van der Waals surface area contributed by atoms with Gasteiger partial charge in [-0.3, -0.25) is 14.5 Å². The number of piperazine rings is 1. The fraction of sp³-hybridized carbons (Fsp3) is 0.429. The number of carbonyl (C=O) groups is 2. The summed E-state index contributed by atoms with van der Waals surface area (Å²) in [6, 6.07) is 5.31. The first kappa shape index (κ1) is 16.3. The second-order valence-corrected chi connectivity index (χ2v) is 5.98. The van der Waals surface area contributed by atoms with Crippen LogP contribution in [0.2, 0.25) is 5.02 Å². The first-order chi connectivity index (χ1) is 10.0. The molecule has 114 valence electrons. The Balaban J connectivity index is 1.97. The molecule has 0 unspecified atom stereocenters. The van der Waals surface area contributed by atoms with Crippen molar-refractivity contribution in [3.05, 3.63) is 33.3 Å². The molecule has 0 radical (unpaired) electrons. The highest BCUT2D eigenvalue weighted by Gasteiger charge is 2.25. The Bertz CT molecular complexity index is 545. The third kappa shape index (κ3) is 3.96. The maximum atomic E-state index is 12.5. The molecule has 7 heteroatoms. The van der Waals surface area contributed by atoms with E-state index in [2.05, 4.69) is 20.7 Å². The van der Waals surface area contributed by atoms with Gasteiger partial charge in [-0.25, -0.2) is 0 Å². The van der Waals surface area contributed by atoms with Gasteiger partial charge < -0.3 is 9.64 Å². The van der Waals surface area contributed by atoms with Crippen molar-refractivity contribution in [2.24, 2.45) is 0 Å². The van der Waals surface area contributed by atoms with Crippen LogP contribution in [0.1, 0.15) is 10.4 Å². The Morgan fingerprint density at radius 1 is 1.29 bits per heavy atom. The molecular formula is C14H16BrClN2O3. The summed E-state index contributed by atoms with van der Waals surface area (Å²) in [7, 11) is 1.37. The molecule has 1 aliphatic heterocycles. The van der Waals surface area contributed by atoms with E-state index in [1.54, 1.807) is 23.1 Å². The topological polar surface area (TPSA) is 49.9 Å². The van der Waals surface area contributed by atoms with Gasteiger partial charge in [0.15, 0.2) is 0 Å². The summed E-state index contributed by atoms with van der Waals surface area (Å²) in [5.74, 6) is -0.344. The highest BCUT2D eigenvalue weighted by atomic mass is 79.9. The minimum atomic E-state index is -0.259. The number of halogens is 2. The van der Waals surface area contributed by atoms with Crippen LogP contribution in [0.15, 0.2) is 22.7 Å². The third-order valence-corrected chi connectivity index (χ3v) is 4.72. The summed E-state index contributed by atoms with van der Waals surface area (Å²) in [5.41, 5.74) is 0.493. The van der Waals surface area contributed by atoms with E-state index in [0.29, 0.717) is 41.2 Å². The SMILES string of the molecule is COC(=O)CN1CCN(C(=O)c2cccc(Br)c2Cl)CC1.